The smallest absolute Gasteiger partial charge is 0.253 e. The first-order valence-corrected chi connectivity index (χ1v) is 7.80. The molecule has 2 rings (SSSR count). The van der Waals surface area contributed by atoms with Crippen LogP contribution in [0.15, 0.2) is 24.3 Å². The SMILES string of the molecule is CC(C)(C)C(=O)Nc1ccccc1C(=O)N[C@H]1CCCNC1.Cl. The van der Waals surface area contributed by atoms with E-state index in [9.17, 15) is 9.59 Å². The van der Waals surface area contributed by atoms with Gasteiger partial charge in [0.25, 0.3) is 5.91 Å². The lowest BCUT2D eigenvalue weighted by atomic mass is 9.95. The van der Waals surface area contributed by atoms with Crippen molar-refractivity contribution < 1.29 is 9.59 Å². The minimum atomic E-state index is -0.503. The van der Waals surface area contributed by atoms with E-state index in [0.29, 0.717) is 11.3 Å². The predicted octanol–water partition coefficient (Wildman–Crippen LogP) is 2.57. The summed E-state index contributed by atoms with van der Waals surface area (Å²) in [4.78, 5) is 24.6. The third-order valence-electron chi connectivity index (χ3n) is 3.73. The average molecular weight is 340 g/mol. The van der Waals surface area contributed by atoms with Crippen molar-refractivity contribution in [1.82, 2.24) is 10.6 Å². The molecule has 2 amide bonds. The molecule has 0 saturated carbocycles. The molecule has 1 saturated heterocycles. The Hall–Kier alpha value is -1.59. The van der Waals surface area contributed by atoms with Crippen LogP contribution in [0.5, 0.6) is 0 Å². The molecule has 1 fully saturated rings. The number of amides is 2. The highest BCUT2D eigenvalue weighted by molar-refractivity contribution is 6.04. The predicted molar refractivity (Wildman–Crippen MR) is 95.1 cm³/mol. The number of nitrogens with one attached hydrogen (secondary N) is 3. The van der Waals surface area contributed by atoms with Crippen molar-refractivity contribution in [2.45, 2.75) is 39.7 Å². The summed E-state index contributed by atoms with van der Waals surface area (Å²) in [5.41, 5.74) is 0.561. The Labute approximate surface area is 144 Å². The minimum Gasteiger partial charge on any atom is -0.348 e. The molecule has 0 radical (unpaired) electrons. The Kier molecular flexibility index (Phi) is 7.03. The number of halogens is 1. The van der Waals surface area contributed by atoms with Crippen molar-refractivity contribution in [2.75, 3.05) is 18.4 Å². The van der Waals surface area contributed by atoms with Gasteiger partial charge in [-0.1, -0.05) is 32.9 Å². The van der Waals surface area contributed by atoms with Crippen LogP contribution in [0.4, 0.5) is 5.69 Å². The van der Waals surface area contributed by atoms with Crippen LogP contribution in [0.3, 0.4) is 0 Å². The number of anilines is 1. The summed E-state index contributed by atoms with van der Waals surface area (Å²) in [6.07, 6.45) is 2.04. The van der Waals surface area contributed by atoms with Gasteiger partial charge in [-0.25, -0.2) is 0 Å². The van der Waals surface area contributed by atoms with Gasteiger partial charge in [0.05, 0.1) is 11.3 Å². The standard InChI is InChI=1S/C17H25N3O2.ClH/c1-17(2,3)16(22)20-14-9-5-4-8-13(14)15(21)19-12-7-6-10-18-11-12;/h4-5,8-9,12,18H,6-7,10-11H2,1-3H3,(H,19,21)(H,20,22);1H/t12-;/m0./s1. The topological polar surface area (TPSA) is 70.2 Å². The van der Waals surface area contributed by atoms with Gasteiger partial charge in [-0.15, -0.1) is 12.4 Å². The number of hydrogen-bond donors (Lipinski definition) is 3. The second-order valence-electron chi connectivity index (χ2n) is 6.77. The van der Waals surface area contributed by atoms with E-state index in [-0.39, 0.29) is 30.3 Å². The molecular weight excluding hydrogens is 314 g/mol. The van der Waals surface area contributed by atoms with Gasteiger partial charge in [0.1, 0.15) is 0 Å². The molecule has 0 spiro atoms. The van der Waals surface area contributed by atoms with Gasteiger partial charge in [-0.2, -0.15) is 0 Å². The number of rotatable bonds is 3. The molecule has 1 aliphatic rings. The van der Waals surface area contributed by atoms with E-state index >= 15 is 0 Å². The van der Waals surface area contributed by atoms with Crippen LogP contribution in [-0.4, -0.2) is 30.9 Å². The van der Waals surface area contributed by atoms with Crippen molar-refractivity contribution in [3.63, 3.8) is 0 Å². The monoisotopic (exact) mass is 339 g/mol. The van der Waals surface area contributed by atoms with Gasteiger partial charge in [0.2, 0.25) is 5.91 Å². The van der Waals surface area contributed by atoms with E-state index in [4.69, 9.17) is 0 Å². The molecule has 6 heteroatoms. The van der Waals surface area contributed by atoms with Gasteiger partial charge in [0, 0.05) is 18.0 Å². The summed E-state index contributed by atoms with van der Waals surface area (Å²) in [5, 5.41) is 9.16. The molecule has 0 aliphatic carbocycles. The average Bonchev–Trinajstić information content (AvgIpc) is 2.47. The molecule has 5 nitrogen and oxygen atoms in total. The fourth-order valence-electron chi connectivity index (χ4n) is 2.34. The zero-order chi connectivity index (χ0) is 16.2. The number of piperidine rings is 1. The molecule has 1 heterocycles. The van der Waals surface area contributed by atoms with E-state index in [1.807, 2.05) is 26.8 Å². The summed E-state index contributed by atoms with van der Waals surface area (Å²) >= 11 is 0. The highest BCUT2D eigenvalue weighted by Crippen LogP contribution is 2.20. The Balaban J connectivity index is 0.00000264. The lowest BCUT2D eigenvalue weighted by molar-refractivity contribution is -0.123. The summed E-state index contributed by atoms with van der Waals surface area (Å²) in [6.45, 7) is 7.34. The summed E-state index contributed by atoms with van der Waals surface area (Å²) in [6, 6.07) is 7.27. The molecule has 1 aromatic carbocycles. The number of carbonyl (C=O) groups is 2. The minimum absolute atomic E-state index is 0. The maximum atomic E-state index is 12.5. The van der Waals surface area contributed by atoms with Crippen molar-refractivity contribution in [3.05, 3.63) is 29.8 Å². The Morgan fingerprint density at radius 2 is 1.91 bits per heavy atom. The van der Waals surface area contributed by atoms with E-state index in [2.05, 4.69) is 16.0 Å². The van der Waals surface area contributed by atoms with Crippen molar-refractivity contribution in [2.24, 2.45) is 5.41 Å². The van der Waals surface area contributed by atoms with Crippen molar-refractivity contribution in [3.8, 4) is 0 Å². The zero-order valence-corrected chi connectivity index (χ0v) is 14.8. The maximum absolute atomic E-state index is 12.5. The summed E-state index contributed by atoms with van der Waals surface area (Å²) in [7, 11) is 0. The third kappa shape index (κ3) is 5.52. The van der Waals surface area contributed by atoms with Crippen LogP contribution in [-0.2, 0) is 4.79 Å². The lowest BCUT2D eigenvalue weighted by Crippen LogP contribution is -2.45. The maximum Gasteiger partial charge on any atom is 0.253 e. The van der Waals surface area contributed by atoms with Gasteiger partial charge in [-0.3, -0.25) is 9.59 Å². The Bertz CT molecular complexity index is 549. The molecule has 0 aromatic heterocycles. The van der Waals surface area contributed by atoms with E-state index in [0.717, 1.165) is 25.9 Å². The first kappa shape index (κ1) is 19.5. The van der Waals surface area contributed by atoms with Gasteiger partial charge < -0.3 is 16.0 Å². The van der Waals surface area contributed by atoms with E-state index < -0.39 is 5.41 Å². The summed E-state index contributed by atoms with van der Waals surface area (Å²) in [5.74, 6) is -0.245. The molecular formula is C17H26ClN3O2. The van der Waals surface area contributed by atoms with Crippen molar-refractivity contribution in [1.29, 1.82) is 0 Å². The van der Waals surface area contributed by atoms with E-state index in [1.165, 1.54) is 0 Å². The third-order valence-corrected chi connectivity index (χ3v) is 3.73. The van der Waals surface area contributed by atoms with Crippen molar-refractivity contribution >= 4 is 29.9 Å². The molecule has 1 aromatic rings. The van der Waals surface area contributed by atoms with Crippen LogP contribution < -0.4 is 16.0 Å². The number of carbonyl (C=O) groups excluding carboxylic acids is 2. The number of para-hydroxylation sites is 1. The van der Waals surface area contributed by atoms with Gasteiger partial charge in [-0.05, 0) is 31.5 Å². The molecule has 1 aliphatic heterocycles. The van der Waals surface area contributed by atoms with E-state index in [1.54, 1.807) is 18.2 Å². The molecule has 3 N–H and O–H groups in total. The molecule has 0 unspecified atom stereocenters. The second-order valence-corrected chi connectivity index (χ2v) is 6.77. The Morgan fingerprint density at radius 1 is 1.22 bits per heavy atom. The quantitative estimate of drug-likeness (QED) is 0.792. The largest absolute Gasteiger partial charge is 0.348 e. The second kappa shape index (κ2) is 8.31. The summed E-state index contributed by atoms with van der Waals surface area (Å²) < 4.78 is 0. The lowest BCUT2D eigenvalue weighted by Gasteiger charge is -2.24. The number of benzene rings is 1. The zero-order valence-electron chi connectivity index (χ0n) is 13.9. The van der Waals surface area contributed by atoms with Crippen LogP contribution in [0.1, 0.15) is 44.0 Å². The Morgan fingerprint density at radius 3 is 2.52 bits per heavy atom. The normalized spacial score (nSPS) is 17.8. The van der Waals surface area contributed by atoms with Crippen LogP contribution in [0, 0.1) is 5.41 Å². The fraction of sp³-hybridized carbons (Fsp3) is 0.529. The first-order chi connectivity index (χ1) is 10.4. The first-order valence-electron chi connectivity index (χ1n) is 7.80. The van der Waals surface area contributed by atoms with Crippen LogP contribution >= 0.6 is 12.4 Å². The molecule has 1 atom stereocenters. The fourth-order valence-corrected chi connectivity index (χ4v) is 2.34. The van der Waals surface area contributed by atoms with Crippen LogP contribution in [0.2, 0.25) is 0 Å². The van der Waals surface area contributed by atoms with Gasteiger partial charge >= 0.3 is 0 Å². The number of hydrogen-bond acceptors (Lipinski definition) is 3. The highest BCUT2D eigenvalue weighted by Gasteiger charge is 2.24. The molecule has 23 heavy (non-hydrogen) atoms. The highest BCUT2D eigenvalue weighted by atomic mass is 35.5. The van der Waals surface area contributed by atoms with Gasteiger partial charge in [0.15, 0.2) is 0 Å². The van der Waals surface area contributed by atoms with Crippen LogP contribution in [0.25, 0.3) is 0 Å². The molecule has 128 valence electrons. The molecule has 0 bridgehead atoms.